The molecule has 0 radical (unpaired) electrons. The van der Waals surface area contributed by atoms with Gasteiger partial charge < -0.3 is 14.9 Å². The van der Waals surface area contributed by atoms with Crippen molar-refractivity contribution in [2.24, 2.45) is 0 Å². The maximum Gasteiger partial charge on any atom is 0.236 e. The second-order valence-corrected chi connectivity index (χ2v) is 9.28. The lowest BCUT2D eigenvalue weighted by molar-refractivity contribution is -0.137. The monoisotopic (exact) mass is 433 g/mol. The Labute approximate surface area is 191 Å². The molecule has 3 atom stereocenters. The van der Waals surface area contributed by atoms with E-state index in [4.69, 9.17) is 0 Å². The Morgan fingerprint density at radius 1 is 1.00 bits per heavy atom. The Morgan fingerprint density at radius 2 is 1.66 bits per heavy atom. The van der Waals surface area contributed by atoms with E-state index in [1.807, 2.05) is 42.1 Å². The van der Waals surface area contributed by atoms with Crippen molar-refractivity contribution in [2.75, 3.05) is 46.9 Å². The number of nitrogens with zero attached hydrogens (tertiary/aromatic N) is 3. The van der Waals surface area contributed by atoms with Crippen molar-refractivity contribution in [1.82, 2.24) is 14.7 Å². The Hall–Kier alpha value is -2.47. The molecule has 5 heteroatoms. The molecular formula is C27H35N3O2. The molecule has 1 N–H and O–H groups in total. The highest BCUT2D eigenvalue weighted by Crippen LogP contribution is 2.42. The highest BCUT2D eigenvalue weighted by atomic mass is 16.3. The van der Waals surface area contributed by atoms with Gasteiger partial charge in [-0.2, -0.15) is 0 Å². The number of hydrogen-bond acceptors (Lipinski definition) is 4. The molecule has 1 amide bonds. The van der Waals surface area contributed by atoms with Crippen LogP contribution in [0.1, 0.15) is 35.4 Å². The van der Waals surface area contributed by atoms with Crippen LogP contribution < -0.4 is 0 Å². The third-order valence-corrected chi connectivity index (χ3v) is 6.76. The number of carbonyl (C=O) groups excluding carboxylic acids is 1. The second-order valence-electron chi connectivity index (χ2n) is 9.28. The van der Waals surface area contributed by atoms with Gasteiger partial charge in [-0.3, -0.25) is 9.69 Å². The number of carbonyl (C=O) groups is 1. The number of aliphatic hydroxyl groups is 1. The molecule has 2 heterocycles. The summed E-state index contributed by atoms with van der Waals surface area (Å²) < 4.78 is 0. The van der Waals surface area contributed by atoms with E-state index in [0.717, 1.165) is 38.0 Å². The molecule has 0 saturated carbocycles. The minimum atomic E-state index is 0.134. The molecule has 0 unspecified atom stereocenters. The van der Waals surface area contributed by atoms with Crippen LogP contribution in [0.5, 0.6) is 0 Å². The first-order valence-electron chi connectivity index (χ1n) is 11.7. The minimum absolute atomic E-state index is 0.134. The van der Waals surface area contributed by atoms with E-state index in [0.29, 0.717) is 6.54 Å². The molecule has 32 heavy (non-hydrogen) atoms. The predicted molar refractivity (Wildman–Crippen MR) is 130 cm³/mol. The highest BCUT2D eigenvalue weighted by Gasteiger charge is 2.49. The van der Waals surface area contributed by atoms with Gasteiger partial charge in [0.2, 0.25) is 5.91 Å². The highest BCUT2D eigenvalue weighted by molar-refractivity contribution is 5.78. The zero-order chi connectivity index (χ0) is 22.5. The smallest absolute Gasteiger partial charge is 0.236 e. The summed E-state index contributed by atoms with van der Waals surface area (Å²) in [6.45, 7) is 3.17. The van der Waals surface area contributed by atoms with E-state index in [2.05, 4.69) is 53.5 Å². The van der Waals surface area contributed by atoms with Gasteiger partial charge >= 0.3 is 0 Å². The van der Waals surface area contributed by atoms with Crippen molar-refractivity contribution in [3.8, 4) is 0 Å². The van der Waals surface area contributed by atoms with Gasteiger partial charge in [0.1, 0.15) is 0 Å². The van der Waals surface area contributed by atoms with Crippen molar-refractivity contribution >= 4 is 18.1 Å². The first-order chi connectivity index (χ1) is 15.6. The van der Waals surface area contributed by atoms with E-state index in [1.54, 1.807) is 0 Å². The van der Waals surface area contributed by atoms with E-state index >= 15 is 0 Å². The Morgan fingerprint density at radius 3 is 2.31 bits per heavy atom. The molecule has 2 aliphatic heterocycles. The molecule has 0 aliphatic carbocycles. The van der Waals surface area contributed by atoms with Crippen LogP contribution >= 0.6 is 0 Å². The van der Waals surface area contributed by atoms with Gasteiger partial charge in [-0.15, -0.1) is 0 Å². The molecule has 0 bridgehead atoms. The molecule has 2 saturated heterocycles. The van der Waals surface area contributed by atoms with Crippen LogP contribution in [0.3, 0.4) is 0 Å². The van der Waals surface area contributed by atoms with E-state index in [1.165, 1.54) is 11.1 Å². The zero-order valence-corrected chi connectivity index (χ0v) is 19.2. The lowest BCUT2D eigenvalue weighted by atomic mass is 9.74. The summed E-state index contributed by atoms with van der Waals surface area (Å²) >= 11 is 0. The average molecular weight is 434 g/mol. The molecule has 5 nitrogen and oxygen atoms in total. The van der Waals surface area contributed by atoms with Crippen LogP contribution in [-0.4, -0.2) is 84.7 Å². The third-order valence-electron chi connectivity index (χ3n) is 6.76. The van der Waals surface area contributed by atoms with E-state index in [-0.39, 0.29) is 30.5 Å². The quantitative estimate of drug-likeness (QED) is 0.711. The van der Waals surface area contributed by atoms with Gasteiger partial charge in [0, 0.05) is 31.1 Å². The number of aliphatic hydroxyl groups excluding tert-OH is 1. The fourth-order valence-electron chi connectivity index (χ4n) is 5.12. The summed E-state index contributed by atoms with van der Waals surface area (Å²) in [6, 6.07) is 19.4. The predicted octanol–water partition coefficient (Wildman–Crippen LogP) is 3.17. The van der Waals surface area contributed by atoms with Crippen LogP contribution in [0.15, 0.2) is 54.6 Å². The summed E-state index contributed by atoms with van der Waals surface area (Å²) in [5.74, 6) is 0.448. The summed E-state index contributed by atoms with van der Waals surface area (Å²) in [4.78, 5) is 19.2. The Bertz CT molecular complexity index is 910. The largest absolute Gasteiger partial charge is 0.395 e. The van der Waals surface area contributed by atoms with Gasteiger partial charge in [-0.1, -0.05) is 66.7 Å². The van der Waals surface area contributed by atoms with Crippen LogP contribution in [0, 0.1) is 0 Å². The number of fused-ring (bicyclic) bond motifs is 1. The van der Waals surface area contributed by atoms with E-state index < -0.39 is 0 Å². The molecule has 170 valence electrons. The maximum absolute atomic E-state index is 12.8. The van der Waals surface area contributed by atoms with Crippen molar-refractivity contribution < 1.29 is 9.90 Å². The molecule has 2 fully saturated rings. The lowest BCUT2D eigenvalue weighted by Crippen LogP contribution is -2.68. The first-order valence-corrected chi connectivity index (χ1v) is 11.7. The molecule has 2 aliphatic rings. The Balaban J connectivity index is 1.49. The van der Waals surface area contributed by atoms with Crippen molar-refractivity contribution in [3.63, 3.8) is 0 Å². The summed E-state index contributed by atoms with van der Waals surface area (Å²) in [6.07, 6.45) is 6.34. The van der Waals surface area contributed by atoms with Crippen molar-refractivity contribution in [2.45, 2.75) is 30.8 Å². The number of benzene rings is 2. The SMILES string of the molecule is CN(C)CC(=O)N1CCCCN2[C@H](CO)[C@@H](c3ccc(C=Cc4ccccc4)cc3)[C@@H]2C1. The van der Waals surface area contributed by atoms with Gasteiger partial charge in [0.05, 0.1) is 13.2 Å². The summed E-state index contributed by atoms with van der Waals surface area (Å²) in [5.41, 5.74) is 3.60. The molecule has 0 aromatic heterocycles. The van der Waals surface area contributed by atoms with Crippen LogP contribution in [0.25, 0.3) is 12.2 Å². The number of hydrogen-bond donors (Lipinski definition) is 1. The maximum atomic E-state index is 12.8. The minimum Gasteiger partial charge on any atom is -0.395 e. The van der Waals surface area contributed by atoms with Crippen LogP contribution in [-0.2, 0) is 4.79 Å². The van der Waals surface area contributed by atoms with Crippen molar-refractivity contribution in [1.29, 1.82) is 0 Å². The fourth-order valence-corrected chi connectivity index (χ4v) is 5.12. The number of rotatable bonds is 6. The topological polar surface area (TPSA) is 47.0 Å². The van der Waals surface area contributed by atoms with Crippen LogP contribution in [0.4, 0.5) is 0 Å². The van der Waals surface area contributed by atoms with Crippen molar-refractivity contribution in [3.05, 3.63) is 71.3 Å². The summed E-state index contributed by atoms with van der Waals surface area (Å²) in [7, 11) is 3.88. The second kappa shape index (κ2) is 10.4. The number of likely N-dealkylation sites (N-methyl/N-ethyl adjacent to an activating group) is 1. The normalized spacial score (nSPS) is 24.1. The zero-order valence-electron chi connectivity index (χ0n) is 19.2. The molecule has 2 aromatic rings. The molecular weight excluding hydrogens is 398 g/mol. The molecule has 0 spiro atoms. The standard InChI is InChI=1S/C27H35N3O2/c1-28(2)19-26(32)29-16-6-7-17-30-24(18-29)27(25(30)20-31)23-14-12-22(13-15-23)11-10-21-8-4-3-5-9-21/h3-5,8-15,24-25,27,31H,6-7,16-20H2,1-2H3/t24-,25+,27-/m0/s1. The number of amides is 1. The Kier molecular flexibility index (Phi) is 7.40. The van der Waals surface area contributed by atoms with Gasteiger partial charge in [-0.05, 0) is 50.2 Å². The van der Waals surface area contributed by atoms with Gasteiger partial charge in [-0.25, -0.2) is 0 Å². The lowest BCUT2D eigenvalue weighted by Gasteiger charge is -2.57. The van der Waals surface area contributed by atoms with E-state index in [9.17, 15) is 9.90 Å². The third kappa shape index (κ3) is 5.12. The van der Waals surface area contributed by atoms with Crippen LogP contribution in [0.2, 0.25) is 0 Å². The van der Waals surface area contributed by atoms with Gasteiger partial charge in [0.25, 0.3) is 0 Å². The summed E-state index contributed by atoms with van der Waals surface area (Å²) in [5, 5.41) is 10.1. The molecule has 4 rings (SSSR count). The van der Waals surface area contributed by atoms with Gasteiger partial charge in [0.15, 0.2) is 0 Å². The molecule has 2 aromatic carbocycles. The average Bonchev–Trinajstić information content (AvgIpc) is 2.77. The fraction of sp³-hybridized carbons (Fsp3) is 0.444. The first kappa shape index (κ1) is 22.7.